The number of guanidine groups is 1. The number of nitrogens with one attached hydrogen (secondary N) is 8. The molecule has 1 rings (SSSR count). The van der Waals surface area contributed by atoms with Crippen molar-refractivity contribution in [3.8, 4) is 5.75 Å². The van der Waals surface area contributed by atoms with Gasteiger partial charge in [0.15, 0.2) is 5.96 Å². The van der Waals surface area contributed by atoms with Crippen LogP contribution in [-0.4, -0.2) is 176 Å². The number of nitrogens with zero attached hydrogens (tertiary/aromatic N) is 1. The Morgan fingerprint density at radius 1 is 0.611 bits per heavy atom. The molecule has 404 valence electrons. The maximum atomic E-state index is 14.0. The van der Waals surface area contributed by atoms with Gasteiger partial charge in [0.05, 0.1) is 37.8 Å². The monoisotopic (exact) mass is 1020 g/mol. The molecule has 1 aromatic carbocycles. The van der Waals surface area contributed by atoms with Crippen molar-refractivity contribution in [1.29, 1.82) is 0 Å². The fraction of sp³-hybridized carbons (Fsp3) is 0.614. The molecule has 0 bridgehead atoms. The molecule has 28 nitrogen and oxygen atoms in total. The minimum absolute atomic E-state index is 0.0186. The van der Waals surface area contributed by atoms with E-state index in [9.17, 15) is 73.5 Å². The highest BCUT2D eigenvalue weighted by Crippen LogP contribution is 2.14. The van der Waals surface area contributed by atoms with E-state index in [1.165, 1.54) is 24.3 Å². The number of hydrogen-bond donors (Lipinski definition) is 17. The topological polar surface area (TPSA) is 479 Å². The van der Waals surface area contributed by atoms with Crippen LogP contribution in [0.5, 0.6) is 5.75 Å². The lowest BCUT2D eigenvalue weighted by atomic mass is 9.95. The van der Waals surface area contributed by atoms with Gasteiger partial charge in [0, 0.05) is 13.0 Å². The van der Waals surface area contributed by atoms with E-state index in [2.05, 4.69) is 42.2 Å². The number of aliphatic imine (C=N–C) groups is 1. The van der Waals surface area contributed by atoms with Crippen molar-refractivity contribution < 1.29 is 78.6 Å². The van der Waals surface area contributed by atoms with Crippen LogP contribution in [0.2, 0.25) is 0 Å². The van der Waals surface area contributed by atoms with Crippen molar-refractivity contribution >= 4 is 65.2 Å². The zero-order chi connectivity index (χ0) is 55.0. The zero-order valence-electron chi connectivity index (χ0n) is 41.0. The smallest absolute Gasteiger partial charge is 0.326 e. The first-order chi connectivity index (χ1) is 33.7. The summed E-state index contributed by atoms with van der Waals surface area (Å²) in [6.45, 7) is 7.01. The number of carboxylic acids is 2. The Hall–Kier alpha value is -7.17. The summed E-state index contributed by atoms with van der Waals surface area (Å²) in [7, 11) is 0. The summed E-state index contributed by atoms with van der Waals surface area (Å²) in [6.07, 6.45) is -3.73. The van der Waals surface area contributed by atoms with Gasteiger partial charge in [0.2, 0.25) is 47.3 Å². The fourth-order valence-electron chi connectivity index (χ4n) is 6.59. The molecule has 0 radical (unpaired) electrons. The first-order valence-corrected chi connectivity index (χ1v) is 23.1. The van der Waals surface area contributed by atoms with Crippen LogP contribution in [0.4, 0.5) is 0 Å². The van der Waals surface area contributed by atoms with Crippen LogP contribution in [-0.2, 0) is 54.4 Å². The van der Waals surface area contributed by atoms with Gasteiger partial charge >= 0.3 is 11.9 Å². The predicted molar refractivity (Wildman–Crippen MR) is 255 cm³/mol. The first kappa shape index (κ1) is 62.8. The molecule has 1 aromatic rings. The molecule has 0 aromatic heterocycles. The van der Waals surface area contributed by atoms with E-state index >= 15 is 0 Å². The molecule has 8 amide bonds. The molecule has 0 spiro atoms. The first-order valence-electron chi connectivity index (χ1n) is 23.1. The maximum Gasteiger partial charge on any atom is 0.326 e. The van der Waals surface area contributed by atoms with E-state index in [1.807, 2.05) is 5.32 Å². The number of amides is 8. The third kappa shape index (κ3) is 21.9. The Labute approximate surface area is 415 Å². The van der Waals surface area contributed by atoms with Gasteiger partial charge in [-0.2, -0.15) is 0 Å². The molecular formula is C44H72N12O16. The van der Waals surface area contributed by atoms with Crippen molar-refractivity contribution in [2.45, 2.75) is 141 Å². The van der Waals surface area contributed by atoms with Crippen LogP contribution in [0.3, 0.4) is 0 Å². The van der Waals surface area contributed by atoms with Gasteiger partial charge in [0.25, 0.3) is 0 Å². The van der Waals surface area contributed by atoms with E-state index in [1.54, 1.807) is 27.7 Å². The van der Waals surface area contributed by atoms with Crippen LogP contribution < -0.4 is 59.7 Å². The van der Waals surface area contributed by atoms with Crippen LogP contribution >= 0.6 is 0 Å². The van der Waals surface area contributed by atoms with Crippen LogP contribution in [0.25, 0.3) is 0 Å². The number of benzene rings is 1. The van der Waals surface area contributed by atoms with Crippen LogP contribution in [0.1, 0.15) is 79.2 Å². The molecule has 0 saturated carbocycles. The molecular weight excluding hydrogens is 953 g/mol. The van der Waals surface area contributed by atoms with Gasteiger partial charge < -0.3 is 90.4 Å². The Morgan fingerprint density at radius 3 is 1.51 bits per heavy atom. The lowest BCUT2D eigenvalue weighted by Crippen LogP contribution is -2.64. The number of aliphatic hydroxyl groups is 3. The molecule has 0 aliphatic rings. The van der Waals surface area contributed by atoms with Crippen LogP contribution in [0.15, 0.2) is 29.3 Å². The Balaban J connectivity index is 3.30. The summed E-state index contributed by atoms with van der Waals surface area (Å²) >= 11 is 0. The molecule has 0 heterocycles. The minimum Gasteiger partial charge on any atom is -0.508 e. The average Bonchev–Trinajstić information content (AvgIpc) is 3.31. The molecule has 0 aliphatic heterocycles. The van der Waals surface area contributed by atoms with Crippen LogP contribution in [0, 0.1) is 11.8 Å². The maximum absolute atomic E-state index is 14.0. The Kier molecular flexibility index (Phi) is 27.3. The number of rotatable bonds is 32. The zero-order valence-corrected chi connectivity index (χ0v) is 41.0. The fourth-order valence-corrected chi connectivity index (χ4v) is 6.59. The van der Waals surface area contributed by atoms with Gasteiger partial charge in [0.1, 0.15) is 48.0 Å². The number of aliphatic carboxylic acids is 2. The van der Waals surface area contributed by atoms with Gasteiger partial charge in [-0.05, 0) is 56.2 Å². The molecule has 72 heavy (non-hydrogen) atoms. The predicted octanol–water partition coefficient (Wildman–Crippen LogP) is -5.77. The van der Waals surface area contributed by atoms with Crippen molar-refractivity contribution in [3.05, 3.63) is 29.8 Å². The summed E-state index contributed by atoms with van der Waals surface area (Å²) in [4.78, 5) is 134. The number of phenols is 1. The number of hydrogen-bond acceptors (Lipinski definition) is 16. The molecule has 0 aliphatic carbocycles. The standard InChI is InChI=1S/C44H72N12O16/c1-7-20(3)32(39(67)51-27(10-9-15-48-44(46)47)37(65)49-18-30(61)50-28(43(71)72)16-24-11-13-25(60)14-12-24)53-42(70)35(23(6)59)56-40(68)33(21(4)8-2)54-41(69)34(22(5)58)55-38(66)29(19-57)52-36(64)26(45)17-31(62)63/h11-14,20-23,26-29,32-35,57-60H,7-10,15-19,45H2,1-6H3,(H,49,65)(H,50,61)(H,51,67)(H,52,64)(H,53,70)(H,54,69)(H,55,66)(H,56,68)(H,62,63)(H,71,72)(H4,46,47,48)/t20-,21-,22+,23+,26-,27-,28-,29-,32-,33-,34-,35-/m0/s1. The van der Waals surface area contributed by atoms with Crippen molar-refractivity contribution in [2.24, 2.45) is 34.0 Å². The van der Waals surface area contributed by atoms with Crippen molar-refractivity contribution in [3.63, 3.8) is 0 Å². The second-order valence-corrected chi connectivity index (χ2v) is 17.2. The number of aliphatic hydroxyl groups excluding tert-OH is 3. The molecule has 20 N–H and O–H groups in total. The molecule has 0 saturated heterocycles. The number of carbonyl (C=O) groups excluding carboxylic acids is 8. The largest absolute Gasteiger partial charge is 0.508 e. The van der Waals surface area contributed by atoms with Gasteiger partial charge in [-0.25, -0.2) is 4.79 Å². The summed E-state index contributed by atoms with van der Waals surface area (Å²) in [5, 5.41) is 77.9. The molecule has 12 atom stereocenters. The number of carbonyl (C=O) groups is 10. The normalized spacial score (nSPS) is 16.0. The Bertz CT molecular complexity index is 2050. The van der Waals surface area contributed by atoms with Gasteiger partial charge in [-0.1, -0.05) is 52.7 Å². The summed E-state index contributed by atoms with van der Waals surface area (Å²) in [5.74, 6) is -12.7. The summed E-state index contributed by atoms with van der Waals surface area (Å²) < 4.78 is 0. The highest BCUT2D eigenvalue weighted by Gasteiger charge is 2.38. The molecule has 0 unspecified atom stereocenters. The van der Waals surface area contributed by atoms with E-state index < -0.39 is 151 Å². The highest BCUT2D eigenvalue weighted by atomic mass is 16.4. The quantitative estimate of drug-likeness (QED) is 0.0182. The van der Waals surface area contributed by atoms with E-state index in [4.69, 9.17) is 22.3 Å². The number of carboxylic acid groups (broad SMARTS) is 2. The lowest BCUT2D eigenvalue weighted by Gasteiger charge is -2.31. The van der Waals surface area contributed by atoms with E-state index in [0.29, 0.717) is 5.56 Å². The number of phenolic OH excluding ortho intramolecular Hbond substituents is 1. The third-order valence-corrected chi connectivity index (χ3v) is 11.3. The molecule has 28 heteroatoms. The second kappa shape index (κ2) is 31.2. The van der Waals surface area contributed by atoms with E-state index in [0.717, 1.165) is 13.8 Å². The Morgan fingerprint density at radius 2 is 1.07 bits per heavy atom. The summed E-state index contributed by atoms with van der Waals surface area (Å²) in [5.41, 5.74) is 16.8. The average molecular weight is 1030 g/mol. The summed E-state index contributed by atoms with van der Waals surface area (Å²) in [6, 6.07) is -7.06. The third-order valence-electron chi connectivity index (χ3n) is 11.3. The number of nitrogens with two attached hydrogens (primary N) is 3. The molecule has 0 fully saturated rings. The van der Waals surface area contributed by atoms with E-state index in [-0.39, 0.29) is 50.4 Å². The van der Waals surface area contributed by atoms with Crippen molar-refractivity contribution in [1.82, 2.24) is 42.5 Å². The second-order valence-electron chi connectivity index (χ2n) is 17.2. The number of aromatic hydroxyl groups is 1. The lowest BCUT2D eigenvalue weighted by molar-refractivity contribution is -0.141. The minimum atomic E-state index is -1.82. The van der Waals surface area contributed by atoms with Gasteiger partial charge in [-0.15, -0.1) is 0 Å². The van der Waals surface area contributed by atoms with Gasteiger partial charge in [-0.3, -0.25) is 48.1 Å². The van der Waals surface area contributed by atoms with Crippen molar-refractivity contribution in [2.75, 3.05) is 19.7 Å². The highest BCUT2D eigenvalue weighted by molar-refractivity contribution is 5.98. The SMILES string of the molecule is CC[C@H](C)[C@H](NC(=O)[C@@H](NC(=O)[C@@H](NC(=O)[C@@H](NC(=O)[C@H](CO)NC(=O)[C@@H](N)CC(=O)O)[C@@H](C)O)[C@@H](C)CC)[C@@H](C)O)C(=O)N[C@@H](CCCN=C(N)N)C(=O)NCC(=O)N[C@@H](Cc1ccc(O)cc1)C(=O)O.